The number of nitrogens with zero attached hydrogens (tertiary/aromatic N) is 10. The Bertz CT molecular complexity index is 2380. The molecule has 312 valence electrons. The monoisotopic (exact) mass is 859 g/mol. The van der Waals surface area contributed by atoms with E-state index in [1.165, 1.54) is 31.2 Å². The Morgan fingerprint density at radius 1 is 0.741 bits per heavy atom. The highest BCUT2D eigenvalue weighted by Crippen LogP contribution is 2.25. The van der Waals surface area contributed by atoms with Crippen molar-refractivity contribution in [2.45, 2.75) is 89.9 Å². The van der Waals surface area contributed by atoms with E-state index in [4.69, 9.17) is 23.2 Å². The quantitative estimate of drug-likeness (QED) is 0.108. The molecule has 0 spiro atoms. The maximum Gasteiger partial charge on any atom is 0.416 e. The number of H-pyrrole nitrogens is 1. The van der Waals surface area contributed by atoms with Gasteiger partial charge in [-0.1, -0.05) is 23.2 Å². The Kier molecular flexibility index (Phi) is 13.5. The summed E-state index contributed by atoms with van der Waals surface area (Å²) in [7, 11) is 0. The third kappa shape index (κ3) is 10.7. The molecule has 1 aliphatic rings. The van der Waals surface area contributed by atoms with Crippen LogP contribution in [-0.2, 0) is 26.2 Å². The summed E-state index contributed by atoms with van der Waals surface area (Å²) < 4.78 is 69.2. The maximum atomic E-state index is 13.5. The molecule has 0 saturated heterocycles. The lowest BCUT2D eigenvalue weighted by Crippen LogP contribution is -2.38. The van der Waals surface area contributed by atoms with Gasteiger partial charge in [-0.15, -0.1) is 10.2 Å². The number of aliphatic hydroxyl groups excluding tert-OH is 4. The van der Waals surface area contributed by atoms with Gasteiger partial charge in [-0.25, -0.2) is 32.7 Å². The fraction of sp³-hybridized carbons (Fsp3) is 0.412. The van der Waals surface area contributed by atoms with Crippen LogP contribution in [0.15, 0.2) is 68.3 Å². The van der Waals surface area contributed by atoms with Gasteiger partial charge in [0.2, 0.25) is 0 Å². The van der Waals surface area contributed by atoms with Gasteiger partial charge in [-0.05, 0) is 62.4 Å². The van der Waals surface area contributed by atoms with E-state index in [0.717, 1.165) is 18.5 Å². The summed E-state index contributed by atoms with van der Waals surface area (Å²) in [5.41, 5.74) is 0.218. The van der Waals surface area contributed by atoms with Crippen molar-refractivity contribution in [3.05, 3.63) is 91.2 Å². The van der Waals surface area contributed by atoms with Crippen LogP contribution in [0.1, 0.15) is 44.9 Å². The molecule has 17 nitrogen and oxygen atoms in total. The summed E-state index contributed by atoms with van der Waals surface area (Å²) in [6, 6.07) is 12.3. The summed E-state index contributed by atoms with van der Waals surface area (Å²) in [6.45, 7) is 1.67. The highest BCUT2D eigenvalue weighted by atomic mass is 35.5. The first kappa shape index (κ1) is 44.0. The molecule has 3 aromatic heterocycles. The number of aliphatic hydroxyl groups is 4. The summed E-state index contributed by atoms with van der Waals surface area (Å²) in [4.78, 5) is 29.5. The molecule has 2 aromatic carbocycles. The van der Waals surface area contributed by atoms with Gasteiger partial charge in [0.15, 0.2) is 23.6 Å². The van der Waals surface area contributed by atoms with Crippen LogP contribution in [0.5, 0.6) is 0 Å². The van der Waals surface area contributed by atoms with Crippen LogP contribution in [0.3, 0.4) is 0 Å². The molecule has 0 saturated carbocycles. The van der Waals surface area contributed by atoms with Crippen molar-refractivity contribution < 1.29 is 42.4 Å². The van der Waals surface area contributed by atoms with Crippen LogP contribution in [0, 0.1) is 0 Å². The Morgan fingerprint density at radius 2 is 1.22 bits per heavy atom. The van der Waals surface area contributed by atoms with Crippen molar-refractivity contribution in [2.75, 3.05) is 0 Å². The molecule has 58 heavy (non-hydrogen) atoms. The minimum atomic E-state index is -4.91. The lowest BCUT2D eigenvalue weighted by atomic mass is 10.1. The molecule has 0 bridgehead atoms. The third-order valence-corrected chi connectivity index (χ3v) is 8.97. The molecule has 1 aliphatic heterocycles. The van der Waals surface area contributed by atoms with Crippen LogP contribution in [0.4, 0.5) is 22.0 Å². The molecule has 4 atom stereocenters. The van der Waals surface area contributed by atoms with Crippen molar-refractivity contribution in [2.24, 2.45) is 10.2 Å². The SMILES string of the molecule is CC(O)C1=NN=C(Cn2nc(-c3ccc(Cl)cc3)n(CC(O)C(C)(F)F)c2=O)C1.CC(O)c1n[nH]c(Cn2nc(-c3ccc(Cl)cc3)n(CC(O)C(F)(F)F)c2=O)n1. The molecule has 4 unspecified atom stereocenters. The van der Waals surface area contributed by atoms with Crippen molar-refractivity contribution in [3.8, 4) is 22.8 Å². The van der Waals surface area contributed by atoms with Crippen LogP contribution in [-0.4, -0.2) is 106 Å². The van der Waals surface area contributed by atoms with Gasteiger partial charge in [0.25, 0.3) is 5.92 Å². The number of nitrogens with one attached hydrogen (secondary N) is 1. The summed E-state index contributed by atoms with van der Waals surface area (Å²) >= 11 is 11.7. The van der Waals surface area contributed by atoms with E-state index >= 15 is 0 Å². The Labute approximate surface area is 334 Å². The summed E-state index contributed by atoms with van der Waals surface area (Å²) in [6.07, 6.45) is -11.2. The van der Waals surface area contributed by atoms with Crippen LogP contribution >= 0.6 is 23.2 Å². The van der Waals surface area contributed by atoms with Crippen molar-refractivity contribution >= 4 is 34.6 Å². The number of aromatic amines is 1. The molecule has 0 radical (unpaired) electrons. The lowest BCUT2D eigenvalue weighted by molar-refractivity contribution is -0.207. The standard InChI is InChI=1S/C18H20ClF2N5O3.C16H16ClF3N6O3/c1-10(27)14-7-13(22-23-14)8-26-17(29)25(9-15(28)18(2,20)21)16(24-26)11-3-5-12(19)6-4-11;1-8(27)13-21-12(22-23-13)7-26-15(29)25(6-11(28)16(18,19)20)14(24-26)9-2-4-10(17)5-3-9/h3-6,10,15,27-28H,7-9H2,1-2H3;2-5,8,11,27-28H,6-7H2,1H3,(H,21,22,23). The maximum absolute atomic E-state index is 13.5. The normalized spacial score (nSPS) is 15.3. The Balaban J connectivity index is 0.000000221. The average Bonchev–Trinajstić information content (AvgIpc) is 3.94. The molecular weight excluding hydrogens is 824 g/mol. The van der Waals surface area contributed by atoms with E-state index in [1.807, 2.05) is 0 Å². The first-order valence-corrected chi connectivity index (χ1v) is 17.9. The second-order valence-electron chi connectivity index (χ2n) is 13.2. The molecule has 6 rings (SSSR count). The minimum absolute atomic E-state index is 0.0231. The molecular formula is C34H36Cl2F5N11O6. The molecule has 4 heterocycles. The highest BCUT2D eigenvalue weighted by Gasteiger charge is 2.39. The zero-order chi connectivity index (χ0) is 42.7. The van der Waals surface area contributed by atoms with Crippen LogP contribution in [0.25, 0.3) is 22.8 Å². The number of hydrogen-bond acceptors (Lipinski definition) is 12. The topological polar surface area (TPSA) is 227 Å². The number of hydrogen-bond donors (Lipinski definition) is 5. The van der Waals surface area contributed by atoms with Gasteiger partial charge < -0.3 is 20.4 Å². The van der Waals surface area contributed by atoms with Crippen molar-refractivity contribution in [1.82, 2.24) is 43.9 Å². The van der Waals surface area contributed by atoms with E-state index in [0.29, 0.717) is 39.5 Å². The first-order valence-electron chi connectivity index (χ1n) is 17.2. The van der Waals surface area contributed by atoms with E-state index in [1.54, 1.807) is 31.2 Å². The van der Waals surface area contributed by atoms with E-state index in [-0.39, 0.29) is 42.8 Å². The van der Waals surface area contributed by atoms with Gasteiger partial charge in [0.1, 0.15) is 24.6 Å². The number of aromatic nitrogens is 9. The molecule has 24 heteroatoms. The smallest absolute Gasteiger partial charge is 0.387 e. The molecule has 0 fully saturated rings. The van der Waals surface area contributed by atoms with Gasteiger partial charge >= 0.3 is 17.6 Å². The van der Waals surface area contributed by atoms with E-state index in [9.17, 15) is 52.0 Å². The Morgan fingerprint density at radius 3 is 1.64 bits per heavy atom. The molecule has 0 aliphatic carbocycles. The second kappa shape index (κ2) is 17.8. The van der Waals surface area contributed by atoms with Crippen LogP contribution < -0.4 is 11.4 Å². The molecule has 5 N–H and O–H groups in total. The summed E-state index contributed by atoms with van der Waals surface area (Å²) in [5, 5.41) is 61.7. The number of alkyl halides is 5. The summed E-state index contributed by atoms with van der Waals surface area (Å²) in [5.74, 6) is -3.09. The van der Waals surface area contributed by atoms with E-state index in [2.05, 4.69) is 35.6 Å². The number of benzene rings is 2. The van der Waals surface area contributed by atoms with Crippen molar-refractivity contribution in [1.29, 1.82) is 0 Å². The van der Waals surface area contributed by atoms with Gasteiger partial charge in [0.05, 0.1) is 37.2 Å². The largest absolute Gasteiger partial charge is 0.416 e. The van der Waals surface area contributed by atoms with Crippen LogP contribution in [0.2, 0.25) is 10.0 Å². The lowest BCUT2D eigenvalue weighted by Gasteiger charge is -2.18. The number of halogens is 7. The molecule has 0 amide bonds. The van der Waals surface area contributed by atoms with E-state index < -0.39 is 61.0 Å². The van der Waals surface area contributed by atoms with Gasteiger partial charge in [-0.3, -0.25) is 14.2 Å². The Hall–Kier alpha value is -5.13. The zero-order valence-corrected chi connectivity index (χ0v) is 32.2. The first-order chi connectivity index (χ1) is 27.1. The fourth-order valence-electron chi connectivity index (χ4n) is 5.27. The number of rotatable bonds is 13. The average molecular weight is 861 g/mol. The predicted molar refractivity (Wildman–Crippen MR) is 200 cm³/mol. The van der Waals surface area contributed by atoms with Crippen molar-refractivity contribution in [3.63, 3.8) is 0 Å². The highest BCUT2D eigenvalue weighted by molar-refractivity contribution is 6.30. The second-order valence-corrected chi connectivity index (χ2v) is 14.1. The minimum Gasteiger partial charge on any atom is -0.387 e. The zero-order valence-electron chi connectivity index (χ0n) is 30.7. The van der Waals surface area contributed by atoms with Gasteiger partial charge in [-0.2, -0.15) is 28.5 Å². The van der Waals surface area contributed by atoms with Gasteiger partial charge in [0, 0.05) is 34.5 Å². The predicted octanol–water partition coefficient (Wildman–Crippen LogP) is 3.47. The third-order valence-electron chi connectivity index (χ3n) is 8.47. The fourth-order valence-corrected chi connectivity index (χ4v) is 5.52. The molecule has 5 aromatic rings.